The quantitative estimate of drug-likeness (QED) is 0.619. The van der Waals surface area contributed by atoms with Gasteiger partial charge in [0.25, 0.3) is 0 Å². The Morgan fingerprint density at radius 1 is 1.21 bits per heavy atom. The molecule has 0 fully saturated rings. The van der Waals surface area contributed by atoms with Crippen molar-refractivity contribution in [2.45, 2.75) is 29.2 Å². The number of nitrogens with two attached hydrogens (primary N) is 2. The number of nitrogen functional groups attached to an aromatic ring is 1. The van der Waals surface area contributed by atoms with E-state index in [4.69, 9.17) is 11.5 Å². The third-order valence-electron chi connectivity index (χ3n) is 3.36. The van der Waals surface area contributed by atoms with E-state index in [2.05, 4.69) is 24.4 Å². The molecule has 0 aromatic heterocycles. The van der Waals surface area contributed by atoms with Crippen molar-refractivity contribution >= 4 is 28.8 Å². The van der Waals surface area contributed by atoms with Gasteiger partial charge in [-0.15, -0.1) is 0 Å². The molecule has 0 saturated carbocycles. The molecule has 19 heavy (non-hydrogen) atoms. The van der Waals surface area contributed by atoms with Crippen LogP contribution in [0.3, 0.4) is 0 Å². The molecule has 1 aliphatic rings. The highest BCUT2D eigenvalue weighted by Gasteiger charge is 2.21. The van der Waals surface area contributed by atoms with Crippen LogP contribution < -0.4 is 16.8 Å². The number of para-hydroxylation sites is 1. The number of hydrogen-bond donors (Lipinski definition) is 3. The van der Waals surface area contributed by atoms with E-state index >= 15 is 0 Å². The molecule has 0 radical (unpaired) electrons. The summed E-state index contributed by atoms with van der Waals surface area (Å²) in [6.45, 7) is 2.09. The highest BCUT2D eigenvalue weighted by Crippen LogP contribution is 2.47. The van der Waals surface area contributed by atoms with Crippen LogP contribution in [0, 0.1) is 0 Å². The lowest BCUT2D eigenvalue weighted by Gasteiger charge is -2.25. The first-order valence-corrected chi connectivity index (χ1v) is 7.23. The van der Waals surface area contributed by atoms with Gasteiger partial charge in [-0.2, -0.15) is 0 Å². The maximum atomic E-state index is 6.20. The molecule has 1 heterocycles. The number of hydrogen-bond acceptors (Lipinski definition) is 4. The van der Waals surface area contributed by atoms with Crippen molar-refractivity contribution in [3.05, 3.63) is 42.0 Å². The topological polar surface area (TPSA) is 64.1 Å². The van der Waals surface area contributed by atoms with Crippen LogP contribution >= 0.6 is 11.8 Å². The fraction of sp³-hybridized carbons (Fsp3) is 0.200. The van der Waals surface area contributed by atoms with Gasteiger partial charge in [-0.05, 0) is 36.2 Å². The molecule has 0 saturated heterocycles. The van der Waals surface area contributed by atoms with E-state index in [1.807, 2.05) is 24.3 Å². The summed E-state index contributed by atoms with van der Waals surface area (Å²) < 4.78 is 0. The number of fused-ring (bicyclic) bond motifs is 2. The second-order valence-electron chi connectivity index (χ2n) is 4.72. The Labute approximate surface area is 117 Å². The summed E-state index contributed by atoms with van der Waals surface area (Å²) in [5.74, 6) is 0. The van der Waals surface area contributed by atoms with Crippen LogP contribution in [0.15, 0.2) is 46.2 Å². The monoisotopic (exact) mass is 271 g/mol. The van der Waals surface area contributed by atoms with E-state index in [0.29, 0.717) is 0 Å². The summed E-state index contributed by atoms with van der Waals surface area (Å²) in [4.78, 5) is 2.37. The summed E-state index contributed by atoms with van der Waals surface area (Å²) in [5, 5.41) is 3.50. The minimum atomic E-state index is 0.00983. The van der Waals surface area contributed by atoms with Crippen molar-refractivity contribution in [3.8, 4) is 0 Å². The van der Waals surface area contributed by atoms with Crippen LogP contribution in [0.5, 0.6) is 0 Å². The molecule has 5 N–H and O–H groups in total. The number of anilines is 3. The summed E-state index contributed by atoms with van der Waals surface area (Å²) in [6.07, 6.45) is 0.893. The Bertz CT molecular complexity index is 625. The predicted molar refractivity (Wildman–Crippen MR) is 81.9 cm³/mol. The number of nitrogens with one attached hydrogen (secondary N) is 1. The van der Waals surface area contributed by atoms with Gasteiger partial charge in [-0.3, -0.25) is 0 Å². The molecule has 3 rings (SSSR count). The molecule has 0 aliphatic carbocycles. The molecule has 4 heteroatoms. The van der Waals surface area contributed by atoms with Gasteiger partial charge in [0, 0.05) is 21.5 Å². The van der Waals surface area contributed by atoms with E-state index < -0.39 is 0 Å². The van der Waals surface area contributed by atoms with E-state index in [0.717, 1.165) is 33.9 Å². The number of benzene rings is 2. The molecule has 0 spiro atoms. The van der Waals surface area contributed by atoms with Gasteiger partial charge < -0.3 is 16.8 Å². The van der Waals surface area contributed by atoms with Crippen molar-refractivity contribution in [2.75, 3.05) is 11.1 Å². The maximum Gasteiger partial charge on any atom is 0.0576 e. The first-order valence-electron chi connectivity index (χ1n) is 6.42. The molecule has 2 aromatic carbocycles. The van der Waals surface area contributed by atoms with Crippen molar-refractivity contribution < 1.29 is 0 Å². The second kappa shape index (κ2) is 4.79. The summed E-state index contributed by atoms with van der Waals surface area (Å²) >= 11 is 1.74. The fourth-order valence-corrected chi connectivity index (χ4v) is 3.38. The van der Waals surface area contributed by atoms with Gasteiger partial charge in [-0.25, -0.2) is 0 Å². The van der Waals surface area contributed by atoms with Crippen molar-refractivity contribution in [1.82, 2.24) is 0 Å². The van der Waals surface area contributed by atoms with Gasteiger partial charge in [0.05, 0.1) is 11.4 Å². The van der Waals surface area contributed by atoms with E-state index in [9.17, 15) is 0 Å². The van der Waals surface area contributed by atoms with Crippen molar-refractivity contribution in [1.29, 1.82) is 0 Å². The third-order valence-corrected chi connectivity index (χ3v) is 4.48. The number of rotatable bonds is 2. The minimum Gasteiger partial charge on any atom is -0.399 e. The van der Waals surface area contributed by atoms with Crippen LogP contribution in [0.4, 0.5) is 17.1 Å². The van der Waals surface area contributed by atoms with Crippen LogP contribution in [0.1, 0.15) is 24.9 Å². The molecule has 1 unspecified atom stereocenters. The van der Waals surface area contributed by atoms with Gasteiger partial charge in [-0.1, -0.05) is 30.8 Å². The van der Waals surface area contributed by atoms with Crippen molar-refractivity contribution in [2.24, 2.45) is 5.73 Å². The predicted octanol–water partition coefficient (Wildman–Crippen LogP) is 3.89. The molecule has 3 nitrogen and oxygen atoms in total. The first kappa shape index (κ1) is 12.4. The average Bonchev–Trinajstić information content (AvgIpc) is 2.43. The molecule has 1 aliphatic heterocycles. The molecular formula is C15H17N3S. The minimum absolute atomic E-state index is 0.00983. The van der Waals surface area contributed by atoms with E-state index in [-0.39, 0.29) is 6.04 Å². The van der Waals surface area contributed by atoms with Crippen LogP contribution in [0.2, 0.25) is 0 Å². The molecule has 0 bridgehead atoms. The summed E-state index contributed by atoms with van der Waals surface area (Å²) in [5.41, 5.74) is 16.3. The molecule has 0 amide bonds. The van der Waals surface area contributed by atoms with Crippen LogP contribution in [0.25, 0.3) is 0 Å². The van der Waals surface area contributed by atoms with Gasteiger partial charge in [0.2, 0.25) is 0 Å². The smallest absolute Gasteiger partial charge is 0.0576 e. The largest absolute Gasteiger partial charge is 0.399 e. The zero-order valence-corrected chi connectivity index (χ0v) is 11.6. The average molecular weight is 271 g/mol. The van der Waals surface area contributed by atoms with Gasteiger partial charge in [0.1, 0.15) is 0 Å². The molecule has 2 aromatic rings. The Morgan fingerprint density at radius 2 is 2.00 bits per heavy atom. The molecule has 1 atom stereocenters. The zero-order valence-electron chi connectivity index (χ0n) is 10.8. The van der Waals surface area contributed by atoms with Crippen LogP contribution in [-0.2, 0) is 0 Å². The Balaban J connectivity index is 2.12. The SMILES string of the molecule is CCC(N)c1cc(N)cc2c1Nc1ccccc1S2. The normalized spacial score (nSPS) is 14.2. The van der Waals surface area contributed by atoms with Gasteiger partial charge >= 0.3 is 0 Å². The zero-order chi connectivity index (χ0) is 13.4. The van der Waals surface area contributed by atoms with E-state index in [1.165, 1.54) is 4.90 Å². The molecular weight excluding hydrogens is 254 g/mol. The van der Waals surface area contributed by atoms with Gasteiger partial charge in [0.15, 0.2) is 0 Å². The molecule has 98 valence electrons. The lowest BCUT2D eigenvalue weighted by atomic mass is 10.0. The van der Waals surface area contributed by atoms with Crippen molar-refractivity contribution in [3.63, 3.8) is 0 Å². The third kappa shape index (κ3) is 2.17. The summed E-state index contributed by atoms with van der Waals surface area (Å²) in [6, 6.07) is 12.3. The lowest BCUT2D eigenvalue weighted by molar-refractivity contribution is 0.699. The second-order valence-corrected chi connectivity index (χ2v) is 5.81. The maximum absolute atomic E-state index is 6.20. The summed E-state index contributed by atoms with van der Waals surface area (Å²) in [7, 11) is 0. The Kier molecular flexibility index (Phi) is 3.12. The first-order chi connectivity index (χ1) is 9.19. The highest BCUT2D eigenvalue weighted by molar-refractivity contribution is 7.99. The Morgan fingerprint density at radius 3 is 2.79 bits per heavy atom. The fourth-order valence-electron chi connectivity index (χ4n) is 2.30. The van der Waals surface area contributed by atoms with E-state index in [1.54, 1.807) is 11.8 Å². The van der Waals surface area contributed by atoms with Crippen LogP contribution in [-0.4, -0.2) is 0 Å². The lowest BCUT2D eigenvalue weighted by Crippen LogP contribution is -2.13. The Hall–Kier alpha value is -1.65. The highest BCUT2D eigenvalue weighted by atomic mass is 32.2. The standard InChI is InChI=1S/C15H17N3S/c1-2-11(17)10-7-9(16)8-14-15(10)18-12-5-3-4-6-13(12)19-14/h3-8,11,18H,2,16-17H2,1H3.